The molecule has 1 aromatic carbocycles. The van der Waals surface area contributed by atoms with E-state index in [2.05, 4.69) is 54.8 Å². The molecule has 1 fully saturated rings. The van der Waals surface area contributed by atoms with Gasteiger partial charge in [0.15, 0.2) is 0 Å². The number of hydrogen-bond donors (Lipinski definition) is 1. The van der Waals surface area contributed by atoms with Crippen molar-refractivity contribution in [2.45, 2.75) is 59.5 Å². The predicted octanol–water partition coefficient (Wildman–Crippen LogP) is 3.55. The van der Waals surface area contributed by atoms with Crippen LogP contribution in [0.3, 0.4) is 0 Å². The number of aliphatic hydroxyl groups excluding tert-OH is 1. The van der Waals surface area contributed by atoms with Crippen LogP contribution in [0.4, 0.5) is 5.82 Å². The summed E-state index contributed by atoms with van der Waals surface area (Å²) in [6.45, 7) is 13.9. The fourth-order valence-electron chi connectivity index (χ4n) is 4.36. The van der Waals surface area contributed by atoms with Crippen molar-refractivity contribution in [2.75, 3.05) is 50.8 Å². The molecule has 1 aliphatic heterocycles. The van der Waals surface area contributed by atoms with Crippen molar-refractivity contribution < 1.29 is 9.84 Å². The number of β-amino-alcohol motifs (C(OH)–C–C–N with tert-alkyl or cyclic N) is 1. The third-order valence-electron chi connectivity index (χ3n) is 6.07. The molecule has 1 unspecified atom stereocenters. The van der Waals surface area contributed by atoms with Gasteiger partial charge in [-0.15, -0.1) is 0 Å². The number of aliphatic hydroxyl groups is 1. The van der Waals surface area contributed by atoms with Crippen molar-refractivity contribution in [3.8, 4) is 0 Å². The number of benzene rings is 1. The number of hydrogen-bond acceptors (Lipinski definition) is 6. The second-order valence-electron chi connectivity index (χ2n) is 8.91. The van der Waals surface area contributed by atoms with Crippen LogP contribution in [0.25, 0.3) is 0 Å². The molecular weight excluding hydrogens is 400 g/mol. The van der Waals surface area contributed by atoms with Crippen LogP contribution in [-0.2, 0) is 17.6 Å². The van der Waals surface area contributed by atoms with Gasteiger partial charge in [0.2, 0.25) is 0 Å². The number of rotatable bonds is 11. The Hall–Kier alpha value is -2.02. The molecule has 1 aliphatic rings. The minimum atomic E-state index is -0.428. The highest BCUT2D eigenvalue weighted by Crippen LogP contribution is 2.26. The van der Waals surface area contributed by atoms with Gasteiger partial charge in [0.05, 0.1) is 12.7 Å². The molecule has 1 atom stereocenters. The van der Waals surface area contributed by atoms with Gasteiger partial charge in [0.25, 0.3) is 0 Å². The topological polar surface area (TPSA) is 61.7 Å². The van der Waals surface area contributed by atoms with Gasteiger partial charge >= 0.3 is 0 Å². The third kappa shape index (κ3) is 6.99. The zero-order valence-electron chi connectivity index (χ0n) is 20.3. The number of nitrogens with zero attached hydrogens (tertiary/aromatic N) is 4. The SMILES string of the molecule is CCCCOCC(O)CN1CCN(c2nc(C)nc(CC)c2Cc2cccc(C)c2)CC1. The van der Waals surface area contributed by atoms with Gasteiger partial charge in [-0.25, -0.2) is 9.97 Å². The van der Waals surface area contributed by atoms with E-state index >= 15 is 0 Å². The summed E-state index contributed by atoms with van der Waals surface area (Å²) in [6.07, 6.45) is 3.50. The summed E-state index contributed by atoms with van der Waals surface area (Å²) in [5, 5.41) is 10.3. The first-order chi connectivity index (χ1) is 15.5. The Morgan fingerprint density at radius 1 is 1.09 bits per heavy atom. The van der Waals surface area contributed by atoms with E-state index in [0.717, 1.165) is 75.8 Å². The van der Waals surface area contributed by atoms with E-state index in [1.807, 2.05) is 6.92 Å². The molecule has 6 heteroatoms. The van der Waals surface area contributed by atoms with Crippen molar-refractivity contribution >= 4 is 5.82 Å². The average Bonchev–Trinajstić information content (AvgIpc) is 2.78. The van der Waals surface area contributed by atoms with E-state index in [0.29, 0.717) is 13.2 Å². The molecule has 0 bridgehead atoms. The van der Waals surface area contributed by atoms with Gasteiger partial charge in [-0.1, -0.05) is 50.1 Å². The van der Waals surface area contributed by atoms with Gasteiger partial charge < -0.3 is 14.7 Å². The van der Waals surface area contributed by atoms with Crippen LogP contribution in [-0.4, -0.2) is 72.0 Å². The Bertz CT molecular complexity index is 850. The smallest absolute Gasteiger partial charge is 0.136 e. The number of aryl methyl sites for hydroxylation is 3. The molecule has 0 aliphatic carbocycles. The highest BCUT2D eigenvalue weighted by Gasteiger charge is 2.24. The number of unbranched alkanes of at least 4 members (excludes halogenated alkanes) is 1. The fourth-order valence-corrected chi connectivity index (χ4v) is 4.36. The van der Waals surface area contributed by atoms with E-state index in [1.54, 1.807) is 0 Å². The van der Waals surface area contributed by atoms with Crippen molar-refractivity contribution in [1.82, 2.24) is 14.9 Å². The lowest BCUT2D eigenvalue weighted by atomic mass is 10.0. The first kappa shape index (κ1) is 24.6. The van der Waals surface area contributed by atoms with Gasteiger partial charge in [-0.2, -0.15) is 0 Å². The van der Waals surface area contributed by atoms with Crippen LogP contribution in [0.2, 0.25) is 0 Å². The van der Waals surface area contributed by atoms with Gasteiger partial charge in [-0.05, 0) is 32.3 Å². The summed E-state index contributed by atoms with van der Waals surface area (Å²) in [7, 11) is 0. The van der Waals surface area contributed by atoms with E-state index in [9.17, 15) is 5.11 Å². The Balaban J connectivity index is 1.66. The minimum absolute atomic E-state index is 0.422. The van der Waals surface area contributed by atoms with E-state index in [4.69, 9.17) is 14.7 Å². The van der Waals surface area contributed by atoms with Gasteiger partial charge in [-0.3, -0.25) is 4.90 Å². The summed E-state index contributed by atoms with van der Waals surface area (Å²) < 4.78 is 5.58. The van der Waals surface area contributed by atoms with Crippen molar-refractivity contribution in [3.05, 3.63) is 52.5 Å². The molecule has 2 aromatic rings. The Morgan fingerprint density at radius 3 is 2.56 bits per heavy atom. The largest absolute Gasteiger partial charge is 0.389 e. The van der Waals surface area contributed by atoms with Crippen molar-refractivity contribution in [1.29, 1.82) is 0 Å². The van der Waals surface area contributed by atoms with Gasteiger partial charge in [0.1, 0.15) is 11.6 Å². The molecule has 1 aromatic heterocycles. The van der Waals surface area contributed by atoms with Crippen LogP contribution >= 0.6 is 0 Å². The average molecular weight is 441 g/mol. The Kier molecular flexibility index (Phi) is 9.45. The maximum Gasteiger partial charge on any atom is 0.136 e. The fraction of sp³-hybridized carbons (Fsp3) is 0.615. The monoisotopic (exact) mass is 440 g/mol. The molecule has 0 saturated carbocycles. The zero-order chi connectivity index (χ0) is 22.9. The molecular formula is C26H40N4O2. The van der Waals surface area contributed by atoms with Crippen LogP contribution in [0.5, 0.6) is 0 Å². The summed E-state index contributed by atoms with van der Waals surface area (Å²) in [6, 6.07) is 8.71. The highest BCUT2D eigenvalue weighted by atomic mass is 16.5. The molecule has 6 nitrogen and oxygen atoms in total. The zero-order valence-corrected chi connectivity index (χ0v) is 20.3. The standard InChI is InChI=1S/C26H40N4O2/c1-5-7-15-32-19-23(31)18-29-11-13-30(14-12-29)26-24(25(6-2)27-21(4)28-26)17-22-10-8-9-20(3)16-22/h8-10,16,23,31H,5-7,11-15,17-19H2,1-4H3. The molecule has 1 N–H and O–H groups in total. The molecule has 3 rings (SSSR count). The Labute approximate surface area is 193 Å². The molecule has 0 radical (unpaired) electrons. The van der Waals surface area contributed by atoms with Crippen molar-refractivity contribution in [3.63, 3.8) is 0 Å². The first-order valence-corrected chi connectivity index (χ1v) is 12.1. The number of aromatic nitrogens is 2. The second-order valence-corrected chi connectivity index (χ2v) is 8.91. The van der Waals surface area contributed by atoms with E-state index in [1.165, 1.54) is 16.7 Å². The maximum absolute atomic E-state index is 10.3. The molecule has 32 heavy (non-hydrogen) atoms. The second kappa shape index (κ2) is 12.3. The summed E-state index contributed by atoms with van der Waals surface area (Å²) in [5.41, 5.74) is 4.98. The normalized spacial score (nSPS) is 15.8. The van der Waals surface area contributed by atoms with Crippen LogP contribution < -0.4 is 4.90 Å². The molecule has 0 amide bonds. The lowest BCUT2D eigenvalue weighted by Gasteiger charge is -2.37. The lowest BCUT2D eigenvalue weighted by molar-refractivity contribution is 0.0150. The summed E-state index contributed by atoms with van der Waals surface area (Å²) in [5.74, 6) is 1.92. The van der Waals surface area contributed by atoms with Crippen LogP contribution in [0.1, 0.15) is 54.9 Å². The first-order valence-electron chi connectivity index (χ1n) is 12.1. The van der Waals surface area contributed by atoms with Gasteiger partial charge in [0, 0.05) is 57.0 Å². The molecule has 1 saturated heterocycles. The number of piperazine rings is 1. The van der Waals surface area contributed by atoms with E-state index < -0.39 is 6.10 Å². The lowest BCUT2D eigenvalue weighted by Crippen LogP contribution is -2.49. The van der Waals surface area contributed by atoms with Crippen LogP contribution in [0, 0.1) is 13.8 Å². The quantitative estimate of drug-likeness (QED) is 0.539. The maximum atomic E-state index is 10.3. The highest BCUT2D eigenvalue weighted by molar-refractivity contribution is 5.52. The van der Waals surface area contributed by atoms with Crippen molar-refractivity contribution in [2.24, 2.45) is 0 Å². The van der Waals surface area contributed by atoms with E-state index in [-0.39, 0.29) is 0 Å². The molecule has 176 valence electrons. The van der Waals surface area contributed by atoms with Crippen LogP contribution in [0.15, 0.2) is 24.3 Å². The minimum Gasteiger partial charge on any atom is -0.389 e. The molecule has 0 spiro atoms. The molecule has 2 heterocycles. The number of ether oxygens (including phenoxy) is 1. The predicted molar refractivity (Wildman–Crippen MR) is 131 cm³/mol. The Morgan fingerprint density at radius 2 is 1.88 bits per heavy atom. The summed E-state index contributed by atoms with van der Waals surface area (Å²) in [4.78, 5) is 14.4. The number of anilines is 1. The third-order valence-corrected chi connectivity index (χ3v) is 6.07. The summed E-state index contributed by atoms with van der Waals surface area (Å²) >= 11 is 0.